The number of hydrogen-bond donors (Lipinski definition) is 0. The van der Waals surface area contributed by atoms with Crippen LogP contribution in [0.15, 0.2) is 60.7 Å². The number of hydrogen-bond acceptors (Lipinski definition) is 3. The van der Waals surface area contributed by atoms with E-state index in [1.54, 1.807) is 0 Å². The van der Waals surface area contributed by atoms with Crippen LogP contribution in [0.4, 0.5) is 47.3 Å². The first-order valence-electron chi connectivity index (χ1n) is 24.3. The van der Waals surface area contributed by atoms with Crippen LogP contribution in [0.2, 0.25) is 0 Å². The van der Waals surface area contributed by atoms with E-state index in [1.165, 1.54) is 60.6 Å². The van der Waals surface area contributed by atoms with Crippen molar-refractivity contribution in [1.29, 1.82) is 0 Å². The van der Waals surface area contributed by atoms with Crippen molar-refractivity contribution in [3.8, 4) is 0 Å². The molecule has 10 rings (SSSR count). The molecule has 0 amide bonds. The Labute approximate surface area is 392 Å². The zero-order valence-electron chi connectivity index (χ0n) is 42.0. The van der Waals surface area contributed by atoms with Gasteiger partial charge in [-0.15, -0.1) is 0 Å². The molecule has 0 saturated heterocycles. The minimum atomic E-state index is -4.58. The minimum Gasteiger partial charge on any atom is -0.311 e. The van der Waals surface area contributed by atoms with Crippen molar-refractivity contribution in [3.05, 3.63) is 110 Å². The molecule has 0 bridgehead atoms. The molecule has 0 N–H and O–H groups in total. The maximum Gasteiger partial charge on any atom is 0.416 e. The molecular weight excluding hydrogens is 825 g/mol. The average molecular weight is 895 g/mol. The van der Waals surface area contributed by atoms with Gasteiger partial charge in [-0.2, -0.15) is 24.5 Å². The van der Waals surface area contributed by atoms with Gasteiger partial charge in [-0.1, -0.05) is 128 Å². The second kappa shape index (κ2) is 13.6. The van der Waals surface area contributed by atoms with E-state index in [0.717, 1.165) is 72.3 Å². The maximum atomic E-state index is 15.9. The fourth-order valence-corrected chi connectivity index (χ4v) is 14.3. The van der Waals surface area contributed by atoms with E-state index >= 15 is 13.2 Å². The van der Waals surface area contributed by atoms with Gasteiger partial charge in [0, 0.05) is 38.1 Å². The lowest BCUT2D eigenvalue weighted by atomic mass is 9.35. The first kappa shape index (κ1) is 44.8. The smallest absolute Gasteiger partial charge is 0.311 e. The second-order valence-electron chi connectivity index (χ2n) is 25.8. The molecule has 1 aromatic heterocycles. The molecule has 7 heteroatoms. The standard InChI is InChI=1S/C58H70BF3N2S/c1-33-27-34(51(2,3)4)17-20-42(33)64-45-29-35(58(60,61)62)28-44-47(45)59(50-48(64)46-49(65-50)57(15,16)26-25-56(46,13)14)41-31-39-40(55(11,12)24-23-54(39,9)10)32-43(41)63(44)36-18-19-37-38(30-36)53(7,8)22-21-52(37,5)6/h17-20,27-32H,21-26H2,1-16H3. The molecule has 0 atom stereocenters. The third-order valence-electron chi connectivity index (χ3n) is 17.2. The predicted molar refractivity (Wildman–Crippen MR) is 273 cm³/mol. The van der Waals surface area contributed by atoms with Crippen LogP contribution in [0.5, 0.6) is 0 Å². The summed E-state index contributed by atoms with van der Waals surface area (Å²) in [5, 5.41) is 0. The summed E-state index contributed by atoms with van der Waals surface area (Å²) < 4.78 is 49.1. The Bertz CT molecular complexity index is 2840. The summed E-state index contributed by atoms with van der Waals surface area (Å²) in [5.41, 5.74) is 15.1. The Balaban J connectivity index is 1.39. The molecule has 2 nitrogen and oxygen atoms in total. The van der Waals surface area contributed by atoms with E-state index in [0.29, 0.717) is 11.4 Å². The first-order chi connectivity index (χ1) is 29.9. The molecule has 0 saturated carbocycles. The Morgan fingerprint density at radius 3 is 1.62 bits per heavy atom. The Hall–Kier alpha value is -3.97. The highest BCUT2D eigenvalue weighted by Gasteiger charge is 2.53. The van der Waals surface area contributed by atoms with Gasteiger partial charge in [-0.25, -0.2) is 0 Å². The van der Waals surface area contributed by atoms with Gasteiger partial charge >= 0.3 is 6.18 Å². The number of thiophene rings is 1. The molecule has 0 radical (unpaired) electrons. The highest BCUT2D eigenvalue weighted by Crippen LogP contribution is 2.58. The normalized spacial score (nSPS) is 21.4. The van der Waals surface area contributed by atoms with Crippen LogP contribution in [0.3, 0.4) is 0 Å². The summed E-state index contributed by atoms with van der Waals surface area (Å²) in [4.78, 5) is 5.93. The maximum absolute atomic E-state index is 15.9. The Morgan fingerprint density at radius 2 is 1.05 bits per heavy atom. The van der Waals surface area contributed by atoms with Crippen molar-refractivity contribution in [1.82, 2.24) is 0 Å². The fourth-order valence-electron chi connectivity index (χ4n) is 12.6. The summed E-state index contributed by atoms with van der Waals surface area (Å²) in [7, 11) is 0. The van der Waals surface area contributed by atoms with Crippen LogP contribution in [0, 0.1) is 6.92 Å². The molecule has 4 aromatic carbocycles. The molecule has 0 fully saturated rings. The van der Waals surface area contributed by atoms with Crippen LogP contribution >= 0.6 is 11.3 Å². The predicted octanol–water partition coefficient (Wildman–Crippen LogP) is 15.5. The van der Waals surface area contributed by atoms with Gasteiger partial charge in [0.2, 0.25) is 0 Å². The second-order valence-corrected chi connectivity index (χ2v) is 26.8. The number of alkyl halides is 3. The number of aryl methyl sites for hydroxylation is 1. The molecule has 3 heterocycles. The third kappa shape index (κ3) is 6.60. The summed E-state index contributed by atoms with van der Waals surface area (Å²) in [6, 6.07) is 21.5. The van der Waals surface area contributed by atoms with Crippen molar-refractivity contribution < 1.29 is 13.2 Å². The number of anilines is 6. The third-order valence-corrected chi connectivity index (χ3v) is 18.9. The van der Waals surface area contributed by atoms with Crippen LogP contribution in [0.25, 0.3) is 0 Å². The number of benzene rings is 4. The van der Waals surface area contributed by atoms with Crippen molar-refractivity contribution in [2.24, 2.45) is 0 Å². The molecule has 65 heavy (non-hydrogen) atoms. The highest BCUT2D eigenvalue weighted by molar-refractivity contribution is 7.29. The fraction of sp³-hybridized carbons (Fsp3) is 0.517. The van der Waals surface area contributed by atoms with Crippen LogP contribution in [-0.4, -0.2) is 6.71 Å². The zero-order valence-corrected chi connectivity index (χ0v) is 42.8. The molecule has 3 aliphatic carbocycles. The molecule has 2 aliphatic heterocycles. The van der Waals surface area contributed by atoms with Crippen molar-refractivity contribution in [2.45, 2.75) is 193 Å². The van der Waals surface area contributed by atoms with Gasteiger partial charge in [0.25, 0.3) is 6.71 Å². The molecule has 342 valence electrons. The molecule has 0 unspecified atom stereocenters. The van der Waals surface area contributed by atoms with E-state index in [1.807, 2.05) is 11.3 Å². The summed E-state index contributed by atoms with van der Waals surface area (Å²) in [6.07, 6.45) is 1.74. The van der Waals surface area contributed by atoms with Gasteiger partial charge in [0.15, 0.2) is 0 Å². The van der Waals surface area contributed by atoms with Gasteiger partial charge in [-0.3, -0.25) is 0 Å². The van der Waals surface area contributed by atoms with Crippen molar-refractivity contribution in [2.75, 3.05) is 9.80 Å². The molecule has 0 spiro atoms. The highest BCUT2D eigenvalue weighted by atomic mass is 32.1. The summed E-state index contributed by atoms with van der Waals surface area (Å²) in [5.74, 6) is 0. The lowest BCUT2D eigenvalue weighted by Crippen LogP contribution is -2.61. The van der Waals surface area contributed by atoms with Crippen LogP contribution in [0.1, 0.15) is 192 Å². The minimum absolute atomic E-state index is 0.00450. The monoisotopic (exact) mass is 895 g/mol. The van der Waals surface area contributed by atoms with E-state index in [-0.39, 0.29) is 44.6 Å². The van der Waals surface area contributed by atoms with Gasteiger partial charge in [-0.05, 0) is 170 Å². The quantitative estimate of drug-likeness (QED) is 0.160. The van der Waals surface area contributed by atoms with Crippen molar-refractivity contribution >= 4 is 67.9 Å². The van der Waals surface area contributed by atoms with Crippen LogP contribution in [-0.2, 0) is 44.1 Å². The van der Waals surface area contributed by atoms with Crippen molar-refractivity contribution in [3.63, 3.8) is 0 Å². The lowest BCUT2D eigenvalue weighted by molar-refractivity contribution is -0.137. The lowest BCUT2D eigenvalue weighted by Gasteiger charge is -2.48. The van der Waals surface area contributed by atoms with Crippen LogP contribution < -0.4 is 25.5 Å². The molecule has 5 aromatic rings. The van der Waals surface area contributed by atoms with E-state index in [2.05, 4.69) is 169 Å². The topological polar surface area (TPSA) is 6.48 Å². The molecule has 5 aliphatic rings. The Morgan fingerprint density at radius 1 is 0.523 bits per heavy atom. The number of rotatable bonds is 2. The largest absolute Gasteiger partial charge is 0.416 e. The zero-order chi connectivity index (χ0) is 47.1. The number of halogens is 3. The molecular formula is C58H70BF3N2S. The number of nitrogens with zero attached hydrogens (tertiary/aromatic N) is 2. The Kier molecular flexibility index (Phi) is 9.38. The summed E-state index contributed by atoms with van der Waals surface area (Å²) >= 11 is 1.94. The van der Waals surface area contributed by atoms with E-state index in [9.17, 15) is 0 Å². The SMILES string of the molecule is Cc1cc(C(C)(C)C)ccc1N1c2cc(C(F)(F)F)cc3c2B(c2cc4c(cc2N3c2ccc3c(c2)C(C)(C)CCC3(C)C)C(C)(C)CCC4(C)C)c2sc3c(c21)C(C)(C)CCC3(C)C. The van der Waals surface area contributed by atoms with E-state index < -0.39 is 11.7 Å². The first-order valence-corrected chi connectivity index (χ1v) is 25.2. The van der Waals surface area contributed by atoms with Gasteiger partial charge in [0.05, 0.1) is 11.3 Å². The average Bonchev–Trinajstić information content (AvgIpc) is 3.62. The van der Waals surface area contributed by atoms with E-state index in [4.69, 9.17) is 0 Å². The number of fused-ring (bicyclic) bond motifs is 8. The van der Waals surface area contributed by atoms with Gasteiger partial charge in [0.1, 0.15) is 0 Å². The van der Waals surface area contributed by atoms with Gasteiger partial charge < -0.3 is 9.80 Å². The summed E-state index contributed by atoms with van der Waals surface area (Å²) in [6.45, 7) is 36.9.